The van der Waals surface area contributed by atoms with Crippen LogP contribution in [0.2, 0.25) is 0 Å². The summed E-state index contributed by atoms with van der Waals surface area (Å²) in [7, 11) is 0. The van der Waals surface area contributed by atoms with Crippen LogP contribution in [0, 0.1) is 10.1 Å². The molecule has 0 saturated heterocycles. The highest BCUT2D eigenvalue weighted by atomic mass is 16.6. The predicted molar refractivity (Wildman–Crippen MR) is 50.2 cm³/mol. The molecule has 1 aromatic carbocycles. The van der Waals surface area contributed by atoms with Crippen molar-refractivity contribution >= 4 is 5.97 Å². The summed E-state index contributed by atoms with van der Waals surface area (Å²) in [6.45, 7) is -0.636. The van der Waals surface area contributed by atoms with Gasteiger partial charge in [0.05, 0.1) is 5.56 Å². The van der Waals surface area contributed by atoms with Gasteiger partial charge < -0.3 is 10.2 Å². The Kier molecular flexibility index (Phi) is 3.35. The van der Waals surface area contributed by atoms with Gasteiger partial charge in [0.1, 0.15) is 6.10 Å². The van der Waals surface area contributed by atoms with Crippen molar-refractivity contribution in [2.45, 2.75) is 6.10 Å². The van der Waals surface area contributed by atoms with Gasteiger partial charge >= 0.3 is 5.97 Å². The molecule has 0 aliphatic rings. The van der Waals surface area contributed by atoms with E-state index < -0.39 is 23.5 Å². The van der Waals surface area contributed by atoms with E-state index in [0.29, 0.717) is 0 Å². The van der Waals surface area contributed by atoms with E-state index in [9.17, 15) is 20.0 Å². The minimum atomic E-state index is -1.28. The summed E-state index contributed by atoms with van der Waals surface area (Å²) in [5.41, 5.74) is 0.224. The molecule has 0 aliphatic carbocycles. The fraction of sp³-hybridized carbons (Fsp3) is 0.222. The van der Waals surface area contributed by atoms with Crippen LogP contribution in [0.15, 0.2) is 24.3 Å². The van der Waals surface area contributed by atoms with E-state index in [1.54, 1.807) is 0 Å². The molecule has 1 rings (SSSR count). The largest absolute Gasteiger partial charge is 0.478 e. The monoisotopic (exact) mass is 211 g/mol. The molecule has 1 unspecified atom stereocenters. The van der Waals surface area contributed by atoms with Crippen molar-refractivity contribution in [1.29, 1.82) is 0 Å². The van der Waals surface area contributed by atoms with E-state index in [2.05, 4.69) is 0 Å². The normalized spacial score (nSPS) is 12.1. The molecular formula is C9H9NO5. The number of carboxylic acids is 1. The van der Waals surface area contributed by atoms with Crippen molar-refractivity contribution in [3.05, 3.63) is 45.5 Å². The summed E-state index contributed by atoms with van der Waals surface area (Å²) in [5, 5.41) is 28.2. The van der Waals surface area contributed by atoms with Crippen LogP contribution in [0.5, 0.6) is 0 Å². The fourth-order valence-electron chi connectivity index (χ4n) is 1.13. The smallest absolute Gasteiger partial charge is 0.335 e. The highest BCUT2D eigenvalue weighted by Crippen LogP contribution is 2.14. The molecule has 2 N–H and O–H groups in total. The number of hydrogen-bond donors (Lipinski definition) is 2. The highest BCUT2D eigenvalue weighted by Gasteiger charge is 2.15. The van der Waals surface area contributed by atoms with E-state index in [0.717, 1.165) is 0 Å². The molecule has 15 heavy (non-hydrogen) atoms. The summed E-state index contributed by atoms with van der Waals surface area (Å²) in [6, 6.07) is 5.45. The van der Waals surface area contributed by atoms with Crippen molar-refractivity contribution in [3.63, 3.8) is 0 Å². The number of nitro groups is 1. The Bertz CT molecular complexity index is 390. The molecule has 0 bridgehead atoms. The van der Waals surface area contributed by atoms with Gasteiger partial charge in [-0.15, -0.1) is 0 Å². The molecule has 0 heterocycles. The molecule has 0 aliphatic heterocycles. The van der Waals surface area contributed by atoms with E-state index >= 15 is 0 Å². The topological polar surface area (TPSA) is 101 Å². The fourth-order valence-corrected chi connectivity index (χ4v) is 1.13. The lowest BCUT2D eigenvalue weighted by Gasteiger charge is -2.06. The minimum absolute atomic E-state index is 0.00472. The summed E-state index contributed by atoms with van der Waals surface area (Å²) >= 11 is 0. The lowest BCUT2D eigenvalue weighted by atomic mass is 10.1. The molecule has 0 aromatic heterocycles. The van der Waals surface area contributed by atoms with Crippen molar-refractivity contribution < 1.29 is 19.9 Å². The first kappa shape index (κ1) is 11.1. The van der Waals surface area contributed by atoms with Crippen LogP contribution in [-0.2, 0) is 0 Å². The van der Waals surface area contributed by atoms with Crippen LogP contribution >= 0.6 is 0 Å². The average molecular weight is 211 g/mol. The molecule has 0 saturated carbocycles. The quantitative estimate of drug-likeness (QED) is 0.563. The first-order valence-electron chi connectivity index (χ1n) is 4.14. The summed E-state index contributed by atoms with van der Waals surface area (Å²) < 4.78 is 0. The van der Waals surface area contributed by atoms with Gasteiger partial charge in [-0.05, 0) is 17.7 Å². The lowest BCUT2D eigenvalue weighted by Crippen LogP contribution is -2.12. The van der Waals surface area contributed by atoms with Gasteiger partial charge in [-0.25, -0.2) is 4.79 Å². The maximum absolute atomic E-state index is 10.6. The molecule has 0 radical (unpaired) electrons. The lowest BCUT2D eigenvalue weighted by molar-refractivity contribution is -0.491. The van der Waals surface area contributed by atoms with Crippen LogP contribution in [0.1, 0.15) is 22.0 Å². The third kappa shape index (κ3) is 3.03. The second-order valence-corrected chi connectivity index (χ2v) is 2.96. The molecule has 80 valence electrons. The van der Waals surface area contributed by atoms with Gasteiger partial charge in [0, 0.05) is 4.92 Å². The second kappa shape index (κ2) is 4.52. The average Bonchev–Trinajstić information content (AvgIpc) is 2.17. The highest BCUT2D eigenvalue weighted by molar-refractivity contribution is 5.87. The third-order valence-electron chi connectivity index (χ3n) is 1.84. The van der Waals surface area contributed by atoms with Crippen molar-refractivity contribution in [3.8, 4) is 0 Å². The Labute approximate surface area is 84.9 Å². The Morgan fingerprint density at radius 1 is 1.53 bits per heavy atom. The van der Waals surface area contributed by atoms with Crippen molar-refractivity contribution in [2.75, 3.05) is 6.54 Å². The number of hydrogen-bond acceptors (Lipinski definition) is 4. The van der Waals surface area contributed by atoms with Gasteiger partial charge in [-0.2, -0.15) is 0 Å². The van der Waals surface area contributed by atoms with E-state index in [-0.39, 0.29) is 11.1 Å². The number of aromatic carboxylic acids is 1. The van der Waals surface area contributed by atoms with Gasteiger partial charge in [0.25, 0.3) is 0 Å². The molecular weight excluding hydrogens is 202 g/mol. The zero-order chi connectivity index (χ0) is 11.4. The SMILES string of the molecule is O=C(O)c1cccc(C(O)C[N+](=O)[O-])c1. The summed E-state index contributed by atoms with van der Waals surface area (Å²) in [6.07, 6.45) is -1.28. The van der Waals surface area contributed by atoms with Gasteiger partial charge in [0.2, 0.25) is 6.54 Å². The van der Waals surface area contributed by atoms with Gasteiger partial charge in [-0.1, -0.05) is 12.1 Å². The van der Waals surface area contributed by atoms with Crippen LogP contribution in [0.4, 0.5) is 0 Å². The Balaban J connectivity index is 2.89. The van der Waals surface area contributed by atoms with E-state index in [1.807, 2.05) is 0 Å². The molecule has 0 amide bonds. The second-order valence-electron chi connectivity index (χ2n) is 2.96. The molecule has 0 fully saturated rings. The number of benzene rings is 1. The summed E-state index contributed by atoms with van der Waals surface area (Å²) in [4.78, 5) is 20.1. The number of aliphatic hydroxyl groups is 1. The van der Waals surface area contributed by atoms with Crippen LogP contribution in [0.3, 0.4) is 0 Å². The Hall–Kier alpha value is -1.95. The van der Waals surface area contributed by atoms with Crippen LogP contribution in [0.25, 0.3) is 0 Å². The molecule has 0 spiro atoms. The molecule has 6 nitrogen and oxygen atoms in total. The van der Waals surface area contributed by atoms with Crippen molar-refractivity contribution in [2.24, 2.45) is 0 Å². The third-order valence-corrected chi connectivity index (χ3v) is 1.84. The standard InChI is InChI=1S/C9H9NO5/c11-8(5-10(14)15)6-2-1-3-7(4-6)9(12)13/h1-4,8,11H,5H2,(H,12,13). The van der Waals surface area contributed by atoms with Gasteiger partial charge in [0.15, 0.2) is 0 Å². The predicted octanol–water partition coefficient (Wildman–Crippen LogP) is 0.695. The number of rotatable bonds is 4. The molecule has 1 atom stereocenters. The number of aliphatic hydroxyl groups excluding tert-OH is 1. The summed E-state index contributed by atoms with van der Waals surface area (Å²) in [5.74, 6) is -1.13. The number of nitrogens with zero attached hydrogens (tertiary/aromatic N) is 1. The maximum atomic E-state index is 10.6. The number of carboxylic acid groups (broad SMARTS) is 1. The number of carbonyl (C=O) groups is 1. The molecule has 6 heteroatoms. The van der Waals surface area contributed by atoms with Crippen LogP contribution < -0.4 is 0 Å². The van der Waals surface area contributed by atoms with Gasteiger partial charge in [-0.3, -0.25) is 10.1 Å². The Morgan fingerprint density at radius 3 is 2.73 bits per heavy atom. The zero-order valence-electron chi connectivity index (χ0n) is 7.66. The van der Waals surface area contributed by atoms with Crippen molar-refractivity contribution in [1.82, 2.24) is 0 Å². The first-order chi connectivity index (χ1) is 7.00. The Morgan fingerprint density at radius 2 is 2.20 bits per heavy atom. The first-order valence-corrected chi connectivity index (χ1v) is 4.14. The van der Waals surface area contributed by atoms with E-state index in [1.165, 1.54) is 24.3 Å². The maximum Gasteiger partial charge on any atom is 0.335 e. The zero-order valence-corrected chi connectivity index (χ0v) is 7.66. The van der Waals surface area contributed by atoms with E-state index in [4.69, 9.17) is 5.11 Å². The molecule has 1 aromatic rings. The minimum Gasteiger partial charge on any atom is -0.478 e. The van der Waals surface area contributed by atoms with Crippen LogP contribution in [-0.4, -0.2) is 27.7 Å².